The molecule has 8 heteroatoms. The largest absolute Gasteiger partial charge is 0.460 e. The first-order valence-electron chi connectivity index (χ1n) is 5.15. The molecule has 0 saturated carbocycles. The highest BCUT2D eigenvalue weighted by Gasteiger charge is 2.72. The topological polar surface area (TPSA) is 0 Å². The maximum absolute atomic E-state index is 12.9. The van der Waals surface area contributed by atoms with E-state index in [9.17, 15) is 30.7 Å². The van der Waals surface area contributed by atoms with Crippen LogP contribution >= 0.6 is 22.6 Å². The number of hydrogen-bond acceptors (Lipinski definition) is 0. The summed E-state index contributed by atoms with van der Waals surface area (Å²) in [7, 11) is 0. The van der Waals surface area contributed by atoms with Gasteiger partial charge in [-0.15, -0.1) is 0 Å². The Morgan fingerprint density at radius 3 is 1.89 bits per heavy atom. The van der Waals surface area contributed by atoms with Crippen molar-refractivity contribution in [2.24, 2.45) is 0 Å². The van der Waals surface area contributed by atoms with Crippen LogP contribution in [0.4, 0.5) is 30.7 Å². The molecule has 0 aromatic carbocycles. The summed E-state index contributed by atoms with van der Waals surface area (Å²) in [5.41, 5.74) is 0. The highest BCUT2D eigenvalue weighted by atomic mass is 127. The third-order valence-corrected chi connectivity index (χ3v) is 2.98. The maximum Gasteiger partial charge on any atom is 0.460 e. The minimum atomic E-state index is -6.27. The summed E-state index contributed by atoms with van der Waals surface area (Å²) in [5.74, 6) is -11.3. The van der Waals surface area contributed by atoms with Crippen molar-refractivity contribution in [1.82, 2.24) is 0 Å². The van der Waals surface area contributed by atoms with E-state index in [1.54, 1.807) is 0 Å². The van der Waals surface area contributed by atoms with E-state index in [1.165, 1.54) is 22.6 Å². The van der Waals surface area contributed by atoms with Gasteiger partial charge in [0.25, 0.3) is 0 Å². The van der Waals surface area contributed by atoms with Gasteiger partial charge in [-0.2, -0.15) is 30.7 Å². The number of alkyl halides is 7. The molecule has 0 aliphatic rings. The van der Waals surface area contributed by atoms with Crippen LogP contribution in [-0.4, -0.2) is 18.0 Å². The Morgan fingerprint density at radius 1 is 1.00 bits per heavy atom. The molecule has 0 saturated heterocycles. The van der Waals surface area contributed by atoms with Crippen LogP contribution in [0.3, 0.4) is 0 Å². The van der Waals surface area contributed by atoms with E-state index in [0.717, 1.165) is 6.42 Å². The molecule has 0 aromatic heterocycles. The number of halogens is 8. The molecular formula is C10H12F7I. The van der Waals surface area contributed by atoms with E-state index in [-0.39, 0.29) is 16.1 Å². The van der Waals surface area contributed by atoms with Crippen molar-refractivity contribution in [2.45, 2.75) is 50.6 Å². The second-order valence-corrected chi connectivity index (χ2v) is 5.13. The van der Waals surface area contributed by atoms with E-state index < -0.39 is 18.0 Å². The summed E-state index contributed by atoms with van der Waals surface area (Å²) in [6, 6.07) is 0. The second kappa shape index (κ2) is 6.42. The fourth-order valence-electron chi connectivity index (χ4n) is 1.09. The molecule has 0 unspecified atom stereocenters. The molecule has 0 aliphatic heterocycles. The van der Waals surface area contributed by atoms with Gasteiger partial charge in [-0.25, -0.2) is 0 Å². The molecule has 0 fully saturated rings. The monoisotopic (exact) mass is 392 g/mol. The Labute approximate surface area is 114 Å². The molecule has 0 aliphatic carbocycles. The summed E-state index contributed by atoms with van der Waals surface area (Å²) >= 11 is 1.36. The quantitative estimate of drug-likeness (QED) is 0.308. The number of unbranched alkanes of at least 4 members (excludes halogenated alkanes) is 2. The van der Waals surface area contributed by atoms with Crippen LogP contribution in [0.2, 0.25) is 0 Å². The molecule has 0 N–H and O–H groups in total. The zero-order valence-corrected chi connectivity index (χ0v) is 11.6. The number of hydrogen-bond donors (Lipinski definition) is 0. The van der Waals surface area contributed by atoms with E-state index in [1.807, 2.05) is 6.92 Å². The molecule has 0 rings (SSSR count). The number of rotatable bonds is 6. The third kappa shape index (κ3) is 4.58. The lowest BCUT2D eigenvalue weighted by molar-refractivity contribution is -0.341. The summed E-state index contributed by atoms with van der Waals surface area (Å²) in [4.78, 5) is 0. The van der Waals surface area contributed by atoms with Gasteiger partial charge in [-0.3, -0.25) is 0 Å². The van der Waals surface area contributed by atoms with Gasteiger partial charge < -0.3 is 0 Å². The van der Waals surface area contributed by atoms with Gasteiger partial charge in [0.15, 0.2) is 0 Å². The van der Waals surface area contributed by atoms with Gasteiger partial charge in [0, 0.05) is 6.08 Å². The Kier molecular flexibility index (Phi) is 6.42. The zero-order valence-electron chi connectivity index (χ0n) is 9.43. The fourth-order valence-corrected chi connectivity index (χ4v) is 1.86. The van der Waals surface area contributed by atoms with Crippen LogP contribution in [0.1, 0.15) is 32.6 Å². The van der Waals surface area contributed by atoms with E-state index in [2.05, 4.69) is 0 Å². The molecule has 0 bridgehead atoms. The normalized spacial score (nSPS) is 15.1. The van der Waals surface area contributed by atoms with Gasteiger partial charge in [0.2, 0.25) is 0 Å². The molecule has 18 heavy (non-hydrogen) atoms. The lowest BCUT2D eigenvalue weighted by Crippen LogP contribution is -2.50. The van der Waals surface area contributed by atoms with Crippen LogP contribution in [0.15, 0.2) is 9.66 Å². The van der Waals surface area contributed by atoms with Crippen LogP contribution in [0.25, 0.3) is 0 Å². The molecule has 0 aromatic rings. The van der Waals surface area contributed by atoms with Gasteiger partial charge in [-0.1, -0.05) is 19.8 Å². The summed E-state index contributed by atoms with van der Waals surface area (Å²) < 4.78 is 86.2. The van der Waals surface area contributed by atoms with E-state index >= 15 is 0 Å². The highest BCUT2D eigenvalue weighted by Crippen LogP contribution is 2.48. The highest BCUT2D eigenvalue weighted by molar-refractivity contribution is 14.1. The first kappa shape index (κ1) is 18.0. The van der Waals surface area contributed by atoms with Gasteiger partial charge in [0.1, 0.15) is 0 Å². The molecule has 0 radical (unpaired) electrons. The first-order valence-corrected chi connectivity index (χ1v) is 6.23. The van der Waals surface area contributed by atoms with Gasteiger partial charge in [-0.05, 0) is 39.0 Å². The van der Waals surface area contributed by atoms with Crippen molar-refractivity contribution in [2.75, 3.05) is 0 Å². The van der Waals surface area contributed by atoms with E-state index in [4.69, 9.17) is 0 Å². The van der Waals surface area contributed by atoms with Crippen LogP contribution < -0.4 is 0 Å². The Bertz CT molecular complexity index is 293. The molecule has 0 atom stereocenters. The minimum absolute atomic E-state index is 0.0674. The van der Waals surface area contributed by atoms with Gasteiger partial charge in [0.05, 0.1) is 0 Å². The molecule has 0 heterocycles. The Hall–Kier alpha value is -0.0200. The van der Waals surface area contributed by atoms with E-state index in [0.29, 0.717) is 12.8 Å². The SMILES string of the molecule is CCCCCC(I)=CC(F)(F)C(F)(F)C(F)(F)F. The fraction of sp³-hybridized carbons (Fsp3) is 0.800. The lowest BCUT2D eigenvalue weighted by atomic mass is 10.1. The van der Waals surface area contributed by atoms with Gasteiger partial charge >= 0.3 is 18.0 Å². The molecule has 0 amide bonds. The summed E-state index contributed by atoms with van der Waals surface area (Å²) in [6.07, 6.45) is -4.54. The van der Waals surface area contributed by atoms with Crippen molar-refractivity contribution in [1.29, 1.82) is 0 Å². The third-order valence-electron chi connectivity index (χ3n) is 2.13. The van der Waals surface area contributed by atoms with Crippen molar-refractivity contribution >= 4 is 22.6 Å². The lowest BCUT2D eigenvalue weighted by Gasteiger charge is -2.26. The average Bonchev–Trinajstić information content (AvgIpc) is 2.15. The predicted octanol–water partition coefficient (Wildman–Crippen LogP) is 5.72. The zero-order chi connectivity index (χ0) is 14.6. The predicted molar refractivity (Wildman–Crippen MR) is 62.2 cm³/mol. The van der Waals surface area contributed by atoms with Crippen LogP contribution in [0, 0.1) is 0 Å². The standard InChI is InChI=1S/C10H12F7I/c1-2-3-4-5-7(18)6-8(11,12)9(13,14)10(15,16)17/h6H,2-5H2,1H3. The average molecular weight is 392 g/mol. The summed E-state index contributed by atoms with van der Waals surface area (Å²) in [6.45, 7) is 1.85. The molecule has 0 spiro atoms. The van der Waals surface area contributed by atoms with Crippen molar-refractivity contribution in [3.8, 4) is 0 Å². The smallest absolute Gasteiger partial charge is 0.195 e. The molecule has 0 nitrogen and oxygen atoms in total. The van der Waals surface area contributed by atoms with Crippen LogP contribution in [-0.2, 0) is 0 Å². The van der Waals surface area contributed by atoms with Crippen molar-refractivity contribution in [3.05, 3.63) is 9.66 Å². The Balaban J connectivity index is 4.88. The summed E-state index contributed by atoms with van der Waals surface area (Å²) in [5, 5.41) is 0. The van der Waals surface area contributed by atoms with Crippen molar-refractivity contribution in [3.63, 3.8) is 0 Å². The second-order valence-electron chi connectivity index (χ2n) is 3.74. The van der Waals surface area contributed by atoms with Crippen LogP contribution in [0.5, 0.6) is 0 Å². The Morgan fingerprint density at radius 2 is 1.50 bits per heavy atom. The molecular weight excluding hydrogens is 380 g/mol. The first-order chi connectivity index (χ1) is 7.95. The molecule has 108 valence electrons. The maximum atomic E-state index is 12.9. The van der Waals surface area contributed by atoms with Crippen molar-refractivity contribution < 1.29 is 30.7 Å². The number of allylic oxidation sites excluding steroid dienone is 2. The minimum Gasteiger partial charge on any atom is -0.195 e.